The SMILES string of the molecule is O=C(O)CCC(=O)Nc1cnn2c(C3CCCCC3)c(-c3ccc(OCc4ccccc4)cc3)cnc12. The summed E-state index contributed by atoms with van der Waals surface area (Å²) < 4.78 is 7.81. The second-order valence-electron chi connectivity index (χ2n) is 9.43. The number of fused-ring (bicyclic) bond motifs is 1. The molecule has 0 bridgehead atoms. The molecule has 2 aromatic heterocycles. The van der Waals surface area contributed by atoms with Crippen LogP contribution < -0.4 is 10.1 Å². The lowest BCUT2D eigenvalue weighted by Crippen LogP contribution is -2.14. The van der Waals surface area contributed by atoms with E-state index in [9.17, 15) is 9.59 Å². The number of nitrogens with one attached hydrogen (secondary N) is 1. The third kappa shape index (κ3) is 5.80. The van der Waals surface area contributed by atoms with Crippen molar-refractivity contribution >= 4 is 23.2 Å². The zero-order chi connectivity index (χ0) is 25.6. The molecule has 0 aliphatic heterocycles. The molecule has 0 atom stereocenters. The molecule has 1 fully saturated rings. The Morgan fingerprint density at radius 3 is 2.46 bits per heavy atom. The van der Waals surface area contributed by atoms with E-state index in [1.807, 2.05) is 65.3 Å². The average molecular weight is 499 g/mol. The first kappa shape index (κ1) is 24.5. The predicted octanol–water partition coefficient (Wildman–Crippen LogP) is 5.83. The summed E-state index contributed by atoms with van der Waals surface area (Å²) >= 11 is 0. The van der Waals surface area contributed by atoms with Crippen LogP contribution >= 0.6 is 0 Å². The molecule has 1 saturated carbocycles. The first-order chi connectivity index (χ1) is 18.1. The highest BCUT2D eigenvalue weighted by Crippen LogP contribution is 2.39. The molecular formula is C29H30N4O4. The third-order valence-electron chi connectivity index (χ3n) is 6.81. The molecule has 4 aromatic rings. The van der Waals surface area contributed by atoms with E-state index < -0.39 is 5.97 Å². The second-order valence-corrected chi connectivity index (χ2v) is 9.43. The highest BCUT2D eigenvalue weighted by atomic mass is 16.5. The van der Waals surface area contributed by atoms with E-state index in [1.165, 1.54) is 19.3 Å². The van der Waals surface area contributed by atoms with E-state index in [0.717, 1.165) is 41.0 Å². The molecule has 8 nitrogen and oxygen atoms in total. The van der Waals surface area contributed by atoms with Crippen LogP contribution in [0.15, 0.2) is 67.0 Å². The van der Waals surface area contributed by atoms with Crippen LogP contribution in [0.4, 0.5) is 5.69 Å². The second kappa shape index (κ2) is 11.2. The number of hydrogen-bond donors (Lipinski definition) is 2. The van der Waals surface area contributed by atoms with Crippen molar-refractivity contribution in [1.82, 2.24) is 14.6 Å². The van der Waals surface area contributed by atoms with E-state index >= 15 is 0 Å². The van der Waals surface area contributed by atoms with Crippen LogP contribution in [0.2, 0.25) is 0 Å². The van der Waals surface area contributed by atoms with Crippen LogP contribution in [0.1, 0.15) is 62.1 Å². The molecule has 37 heavy (non-hydrogen) atoms. The Morgan fingerprint density at radius 1 is 0.973 bits per heavy atom. The van der Waals surface area contributed by atoms with Gasteiger partial charge in [0.15, 0.2) is 5.65 Å². The number of carbonyl (C=O) groups is 2. The normalized spacial score (nSPS) is 13.9. The number of ether oxygens (including phenoxy) is 1. The monoisotopic (exact) mass is 498 g/mol. The van der Waals surface area contributed by atoms with E-state index in [4.69, 9.17) is 9.84 Å². The van der Waals surface area contributed by atoms with Crippen molar-refractivity contribution in [3.63, 3.8) is 0 Å². The number of carbonyl (C=O) groups excluding carboxylic acids is 1. The van der Waals surface area contributed by atoms with Gasteiger partial charge >= 0.3 is 5.97 Å². The van der Waals surface area contributed by atoms with Gasteiger partial charge in [0.25, 0.3) is 0 Å². The number of carboxylic acids is 1. The number of aliphatic carboxylic acids is 1. The van der Waals surface area contributed by atoms with Crippen LogP contribution in [0.5, 0.6) is 5.75 Å². The molecule has 2 N–H and O–H groups in total. The Balaban J connectivity index is 1.43. The molecule has 8 heteroatoms. The van der Waals surface area contributed by atoms with Gasteiger partial charge in [0.2, 0.25) is 5.91 Å². The van der Waals surface area contributed by atoms with Crippen molar-refractivity contribution in [1.29, 1.82) is 0 Å². The predicted molar refractivity (Wildman–Crippen MR) is 141 cm³/mol. The van der Waals surface area contributed by atoms with E-state index in [2.05, 4.69) is 15.4 Å². The minimum absolute atomic E-state index is 0.0983. The van der Waals surface area contributed by atoms with Gasteiger partial charge in [-0.1, -0.05) is 61.7 Å². The number of carboxylic acid groups (broad SMARTS) is 1. The van der Waals surface area contributed by atoms with Gasteiger partial charge in [0, 0.05) is 24.1 Å². The van der Waals surface area contributed by atoms with Crippen molar-refractivity contribution in [2.45, 2.75) is 57.5 Å². The van der Waals surface area contributed by atoms with E-state index in [1.54, 1.807) is 6.20 Å². The van der Waals surface area contributed by atoms with Crippen LogP contribution in [0.3, 0.4) is 0 Å². The van der Waals surface area contributed by atoms with Crippen molar-refractivity contribution in [3.05, 3.63) is 78.2 Å². The van der Waals surface area contributed by atoms with Crippen molar-refractivity contribution in [2.24, 2.45) is 0 Å². The molecule has 1 amide bonds. The summed E-state index contributed by atoms with van der Waals surface area (Å²) in [5.74, 6) is -0.243. The average Bonchev–Trinajstić information content (AvgIpc) is 3.34. The van der Waals surface area contributed by atoms with Crippen LogP contribution in [0, 0.1) is 0 Å². The zero-order valence-corrected chi connectivity index (χ0v) is 20.6. The standard InChI is InChI=1S/C29H30N4O4/c34-26(15-16-27(35)36)32-25-18-31-33-28(22-9-5-2-6-10-22)24(17-30-29(25)33)21-11-13-23(14-12-21)37-19-20-7-3-1-4-8-20/h1,3-4,7-8,11-14,17-18,22H,2,5-6,9-10,15-16,19H2,(H,32,34)(H,35,36). The lowest BCUT2D eigenvalue weighted by molar-refractivity contribution is -0.138. The van der Waals surface area contributed by atoms with Gasteiger partial charge in [0.1, 0.15) is 18.0 Å². The molecule has 0 saturated heterocycles. The fourth-order valence-corrected chi connectivity index (χ4v) is 4.93. The van der Waals surface area contributed by atoms with Gasteiger partial charge < -0.3 is 15.2 Å². The Labute approximate surface area is 215 Å². The molecular weight excluding hydrogens is 468 g/mol. The summed E-state index contributed by atoms with van der Waals surface area (Å²) in [6.07, 6.45) is 8.85. The van der Waals surface area contributed by atoms with Gasteiger partial charge in [0.05, 0.1) is 18.3 Å². The van der Waals surface area contributed by atoms with E-state index in [-0.39, 0.29) is 18.7 Å². The zero-order valence-electron chi connectivity index (χ0n) is 20.6. The summed E-state index contributed by atoms with van der Waals surface area (Å²) in [7, 11) is 0. The largest absolute Gasteiger partial charge is 0.489 e. The van der Waals surface area contributed by atoms with Crippen LogP contribution in [0.25, 0.3) is 16.8 Å². The first-order valence-electron chi connectivity index (χ1n) is 12.7. The minimum atomic E-state index is -1.01. The molecule has 0 radical (unpaired) electrons. The molecule has 2 aromatic carbocycles. The van der Waals surface area contributed by atoms with Crippen molar-refractivity contribution in [2.75, 3.05) is 5.32 Å². The maximum absolute atomic E-state index is 12.3. The molecule has 2 heterocycles. The van der Waals surface area contributed by atoms with E-state index in [0.29, 0.717) is 23.9 Å². The summed E-state index contributed by atoms with van der Waals surface area (Å²) in [6.45, 7) is 0.509. The molecule has 0 unspecified atom stereocenters. The Morgan fingerprint density at radius 2 is 1.73 bits per heavy atom. The van der Waals surface area contributed by atoms with Gasteiger partial charge in [-0.2, -0.15) is 5.10 Å². The molecule has 1 aliphatic rings. The Kier molecular flexibility index (Phi) is 7.44. The van der Waals surface area contributed by atoms with Crippen LogP contribution in [-0.2, 0) is 16.2 Å². The summed E-state index contributed by atoms with van der Waals surface area (Å²) in [6, 6.07) is 18.1. The number of hydrogen-bond acceptors (Lipinski definition) is 5. The summed E-state index contributed by atoms with van der Waals surface area (Å²) in [5.41, 5.74) is 5.31. The topological polar surface area (TPSA) is 106 Å². The number of nitrogens with zero attached hydrogens (tertiary/aromatic N) is 3. The summed E-state index contributed by atoms with van der Waals surface area (Å²) in [5, 5.41) is 16.2. The fourth-order valence-electron chi connectivity index (χ4n) is 4.93. The van der Waals surface area contributed by atoms with Gasteiger partial charge in [-0.25, -0.2) is 9.50 Å². The number of benzene rings is 2. The fraction of sp³-hybridized carbons (Fsp3) is 0.310. The van der Waals surface area contributed by atoms with Gasteiger partial charge in [-0.15, -0.1) is 0 Å². The van der Waals surface area contributed by atoms with Crippen molar-refractivity contribution in [3.8, 4) is 16.9 Å². The number of rotatable bonds is 9. The van der Waals surface area contributed by atoms with Gasteiger partial charge in [-0.05, 0) is 36.1 Å². The van der Waals surface area contributed by atoms with Gasteiger partial charge in [-0.3, -0.25) is 9.59 Å². The molecule has 5 rings (SSSR count). The number of amides is 1. The molecule has 190 valence electrons. The third-order valence-corrected chi connectivity index (χ3v) is 6.81. The van der Waals surface area contributed by atoms with Crippen LogP contribution in [-0.4, -0.2) is 31.6 Å². The highest BCUT2D eigenvalue weighted by molar-refractivity contribution is 5.95. The quantitative estimate of drug-likeness (QED) is 0.301. The first-order valence-corrected chi connectivity index (χ1v) is 12.7. The molecule has 0 spiro atoms. The maximum Gasteiger partial charge on any atom is 0.303 e. The lowest BCUT2D eigenvalue weighted by Gasteiger charge is -2.25. The highest BCUT2D eigenvalue weighted by Gasteiger charge is 2.24. The minimum Gasteiger partial charge on any atom is -0.489 e. The van der Waals surface area contributed by atoms with Crippen molar-refractivity contribution < 1.29 is 19.4 Å². The Hall–Kier alpha value is -4.20. The lowest BCUT2D eigenvalue weighted by atomic mass is 9.84. The number of anilines is 1. The molecule has 1 aliphatic carbocycles. The smallest absolute Gasteiger partial charge is 0.303 e. The Bertz CT molecular complexity index is 1380. The maximum atomic E-state index is 12.3. The summed E-state index contributed by atoms with van der Waals surface area (Å²) in [4.78, 5) is 27.7. The number of aromatic nitrogens is 3.